The number of furan rings is 1. The predicted molar refractivity (Wildman–Crippen MR) is 102 cm³/mol. The molecule has 7 nitrogen and oxygen atoms in total. The molecule has 1 unspecified atom stereocenters. The van der Waals surface area contributed by atoms with Crippen molar-refractivity contribution in [3.05, 3.63) is 39.9 Å². The van der Waals surface area contributed by atoms with Crippen LogP contribution in [-0.2, 0) is 11.3 Å². The molecule has 1 atom stereocenters. The number of rotatable bonds is 4. The van der Waals surface area contributed by atoms with Crippen LogP contribution in [0.15, 0.2) is 22.8 Å². The molecule has 0 saturated carbocycles. The van der Waals surface area contributed by atoms with Crippen LogP contribution in [-0.4, -0.2) is 34.6 Å². The molecule has 0 radical (unpaired) electrons. The minimum atomic E-state index is -0.250. The van der Waals surface area contributed by atoms with E-state index in [9.17, 15) is 0 Å². The molecule has 1 saturated heterocycles. The van der Waals surface area contributed by atoms with E-state index in [-0.39, 0.29) is 11.8 Å². The van der Waals surface area contributed by atoms with Crippen molar-refractivity contribution in [3.8, 4) is 0 Å². The van der Waals surface area contributed by atoms with Crippen LogP contribution in [0.4, 0.5) is 5.82 Å². The number of fused-ring (bicyclic) bond motifs is 1. The molecule has 3 aromatic heterocycles. The minimum Gasteiger partial charge on any atom is -0.483 e. The van der Waals surface area contributed by atoms with Crippen LogP contribution in [0, 0.1) is 6.92 Å². The third kappa shape index (κ3) is 3.98. The summed E-state index contributed by atoms with van der Waals surface area (Å²) in [5.74, 6) is 2.20. The molecule has 1 fully saturated rings. The molecule has 0 aromatic carbocycles. The zero-order chi connectivity index (χ0) is 18.5. The Bertz CT molecular complexity index is 876. The summed E-state index contributed by atoms with van der Waals surface area (Å²) < 4.78 is 6.43. The van der Waals surface area contributed by atoms with Gasteiger partial charge in [0.2, 0.25) is 5.28 Å². The van der Waals surface area contributed by atoms with Crippen LogP contribution >= 0.6 is 22.9 Å². The highest BCUT2D eigenvalue weighted by Crippen LogP contribution is 2.40. The van der Waals surface area contributed by atoms with Crippen LogP contribution < -0.4 is 10.6 Å². The van der Waals surface area contributed by atoms with E-state index in [1.807, 2.05) is 12.1 Å². The molecule has 138 valence electrons. The van der Waals surface area contributed by atoms with Crippen molar-refractivity contribution in [2.24, 2.45) is 0 Å². The fourth-order valence-corrected chi connectivity index (χ4v) is 4.57. The highest BCUT2D eigenvalue weighted by Gasteiger charge is 2.24. The Morgan fingerprint density at radius 3 is 3.00 bits per heavy atom. The first kappa shape index (κ1) is 18.6. The maximum Gasteiger partial charge on any atom is 0.290 e. The Morgan fingerprint density at radius 2 is 2.35 bits per heavy atom. The first-order valence-electron chi connectivity index (χ1n) is 8.15. The fourth-order valence-electron chi connectivity index (χ4n) is 3.05. The zero-order valence-corrected chi connectivity index (χ0v) is 15.7. The van der Waals surface area contributed by atoms with Crippen LogP contribution in [0.1, 0.15) is 28.5 Å². The molecule has 3 N–H and O–H groups in total. The van der Waals surface area contributed by atoms with E-state index in [0.717, 1.165) is 34.9 Å². The average molecular weight is 395 g/mol. The lowest BCUT2D eigenvalue weighted by Crippen LogP contribution is -2.07. The second-order valence-electron chi connectivity index (χ2n) is 5.84. The topological polar surface area (TPSA) is 100 Å². The molecule has 0 spiro atoms. The summed E-state index contributed by atoms with van der Waals surface area (Å²) in [6, 6.07) is 3.81. The summed E-state index contributed by atoms with van der Waals surface area (Å²) in [6.45, 7) is 4.57. The summed E-state index contributed by atoms with van der Waals surface area (Å²) in [6.07, 6.45) is 2.84. The first-order chi connectivity index (χ1) is 12.6. The minimum absolute atomic E-state index is 0.250. The number of carboxylic acid groups (broad SMARTS) is 1. The number of aryl methyl sites for hydroxylation is 1. The Balaban J connectivity index is 0.000000613. The van der Waals surface area contributed by atoms with Gasteiger partial charge in [-0.05, 0) is 49.2 Å². The molecule has 4 rings (SSSR count). The van der Waals surface area contributed by atoms with Crippen LogP contribution in [0.2, 0.25) is 5.28 Å². The summed E-state index contributed by atoms with van der Waals surface area (Å²) in [7, 11) is 0. The molecule has 0 bridgehead atoms. The highest BCUT2D eigenvalue weighted by atomic mass is 35.5. The maximum atomic E-state index is 8.36. The Morgan fingerprint density at radius 1 is 1.54 bits per heavy atom. The summed E-state index contributed by atoms with van der Waals surface area (Å²) in [5, 5.41) is 13.9. The summed E-state index contributed by atoms with van der Waals surface area (Å²) >= 11 is 7.91. The Hall–Kier alpha value is -2.16. The van der Waals surface area contributed by atoms with E-state index >= 15 is 0 Å². The monoisotopic (exact) mass is 394 g/mol. The van der Waals surface area contributed by atoms with Gasteiger partial charge in [-0.3, -0.25) is 4.79 Å². The second kappa shape index (κ2) is 8.48. The number of thiophene rings is 1. The van der Waals surface area contributed by atoms with Crippen LogP contribution in [0.3, 0.4) is 0 Å². The molecule has 0 amide bonds. The lowest BCUT2D eigenvalue weighted by atomic mass is 10.0. The van der Waals surface area contributed by atoms with Gasteiger partial charge in [0.05, 0.1) is 23.0 Å². The van der Waals surface area contributed by atoms with Gasteiger partial charge >= 0.3 is 0 Å². The van der Waals surface area contributed by atoms with Crippen molar-refractivity contribution in [2.75, 3.05) is 18.4 Å². The van der Waals surface area contributed by atoms with E-state index in [1.165, 1.54) is 16.9 Å². The summed E-state index contributed by atoms with van der Waals surface area (Å²) in [4.78, 5) is 18.6. The molecule has 26 heavy (non-hydrogen) atoms. The van der Waals surface area contributed by atoms with Gasteiger partial charge in [-0.1, -0.05) is 0 Å². The normalized spacial score (nSPS) is 16.3. The molecule has 0 aliphatic carbocycles. The van der Waals surface area contributed by atoms with Gasteiger partial charge in [-0.25, -0.2) is 4.98 Å². The van der Waals surface area contributed by atoms with Crippen molar-refractivity contribution in [1.29, 1.82) is 0 Å². The molecule has 1 aliphatic rings. The van der Waals surface area contributed by atoms with Gasteiger partial charge < -0.3 is 20.2 Å². The van der Waals surface area contributed by atoms with Gasteiger partial charge in [-0.15, -0.1) is 11.3 Å². The number of carbonyl (C=O) groups is 1. The highest BCUT2D eigenvalue weighted by molar-refractivity contribution is 7.20. The Kier molecular flexibility index (Phi) is 6.08. The zero-order valence-electron chi connectivity index (χ0n) is 14.2. The van der Waals surface area contributed by atoms with E-state index in [4.69, 9.17) is 25.9 Å². The smallest absolute Gasteiger partial charge is 0.290 e. The van der Waals surface area contributed by atoms with Gasteiger partial charge in [0.25, 0.3) is 6.47 Å². The number of aromatic nitrogens is 2. The van der Waals surface area contributed by atoms with Crippen molar-refractivity contribution in [3.63, 3.8) is 0 Å². The van der Waals surface area contributed by atoms with E-state index in [2.05, 4.69) is 27.5 Å². The number of nitrogens with zero attached hydrogens (tertiary/aromatic N) is 2. The van der Waals surface area contributed by atoms with Gasteiger partial charge in [0.15, 0.2) is 0 Å². The third-order valence-corrected chi connectivity index (χ3v) is 5.84. The molecular formula is C17H19ClN4O3S. The molecule has 3 aromatic rings. The van der Waals surface area contributed by atoms with Crippen LogP contribution in [0.5, 0.6) is 0 Å². The van der Waals surface area contributed by atoms with Crippen molar-refractivity contribution in [1.82, 2.24) is 15.3 Å². The summed E-state index contributed by atoms with van der Waals surface area (Å²) in [5.41, 5.74) is 2.18. The van der Waals surface area contributed by atoms with E-state index in [0.29, 0.717) is 12.5 Å². The number of nitrogens with one attached hydrogen (secondary N) is 2. The van der Waals surface area contributed by atoms with E-state index in [1.54, 1.807) is 17.6 Å². The standard InChI is InChI=1S/C16H17ClN4OS.CH2O2/c1-9-12-14(23-13(9)10-4-5-18-7-10)15(21-16(17)20-12)19-8-11-3-2-6-22-11;2-1-3/h2-3,6,10,18H,4-5,7-8H2,1H3,(H,19,20,21);1H,(H,2,3). The van der Waals surface area contributed by atoms with E-state index < -0.39 is 0 Å². The fraction of sp³-hybridized carbons (Fsp3) is 0.353. The molecule has 9 heteroatoms. The van der Waals surface area contributed by atoms with Crippen molar-refractivity contribution >= 4 is 45.4 Å². The maximum absolute atomic E-state index is 8.36. The quantitative estimate of drug-likeness (QED) is 0.458. The van der Waals surface area contributed by atoms with Crippen LogP contribution in [0.25, 0.3) is 10.2 Å². The number of anilines is 1. The van der Waals surface area contributed by atoms with Gasteiger partial charge in [-0.2, -0.15) is 4.98 Å². The Labute approximate surface area is 159 Å². The first-order valence-corrected chi connectivity index (χ1v) is 9.34. The van der Waals surface area contributed by atoms with Gasteiger partial charge in [0, 0.05) is 17.3 Å². The lowest BCUT2D eigenvalue weighted by molar-refractivity contribution is -0.122. The number of hydrogen-bond donors (Lipinski definition) is 3. The molecule has 1 aliphatic heterocycles. The third-order valence-electron chi connectivity index (χ3n) is 4.22. The molecule has 4 heterocycles. The average Bonchev–Trinajstić information content (AvgIpc) is 3.35. The number of halogens is 1. The van der Waals surface area contributed by atoms with Gasteiger partial charge in [0.1, 0.15) is 11.6 Å². The SMILES string of the molecule is Cc1c(C2CCNC2)sc2c(NCc3ccco3)nc(Cl)nc12.O=CO. The predicted octanol–water partition coefficient (Wildman–Crippen LogP) is 3.64. The second-order valence-corrected chi connectivity index (χ2v) is 7.23. The largest absolute Gasteiger partial charge is 0.483 e. The molecular weight excluding hydrogens is 376 g/mol. The van der Waals surface area contributed by atoms with Crippen molar-refractivity contribution in [2.45, 2.75) is 25.8 Å². The number of hydrogen-bond acceptors (Lipinski definition) is 7. The lowest BCUT2D eigenvalue weighted by Gasteiger charge is -2.05. The van der Waals surface area contributed by atoms with Crippen molar-refractivity contribution < 1.29 is 14.3 Å².